The third-order valence-electron chi connectivity index (χ3n) is 7.47. The van der Waals surface area contributed by atoms with Crippen molar-refractivity contribution in [2.24, 2.45) is 0 Å². The Hall–Kier alpha value is -5.08. The van der Waals surface area contributed by atoms with Crippen molar-refractivity contribution in [2.75, 3.05) is 0 Å². The summed E-state index contributed by atoms with van der Waals surface area (Å²) in [7, 11) is 0. The van der Waals surface area contributed by atoms with E-state index >= 15 is 0 Å². The van der Waals surface area contributed by atoms with Crippen LogP contribution in [0.15, 0.2) is 142 Å². The standard InChI is InChI=1S/C36H22O2/c1-4-10-23(11-5-1)26-16-18-31-29(20-26)34-33(37-31)22-28(25-14-8-3-9-15-25)36-35(34)30-21-27(17-19-32(30)38-36)24-12-6-2-7-13-24/h1-22H. The lowest BCUT2D eigenvalue weighted by Gasteiger charge is -2.05. The molecule has 2 aromatic heterocycles. The highest BCUT2D eigenvalue weighted by molar-refractivity contribution is 6.28. The summed E-state index contributed by atoms with van der Waals surface area (Å²) >= 11 is 0. The number of furan rings is 2. The first-order chi connectivity index (χ1) is 18.8. The minimum Gasteiger partial charge on any atom is -0.456 e. The molecule has 0 fully saturated rings. The Balaban J connectivity index is 1.52. The van der Waals surface area contributed by atoms with E-state index in [9.17, 15) is 0 Å². The minimum atomic E-state index is 0.865. The molecule has 0 aliphatic rings. The summed E-state index contributed by atoms with van der Waals surface area (Å²) in [5.41, 5.74) is 10.3. The molecular formula is C36H22O2. The second-order valence-corrected chi connectivity index (χ2v) is 9.73. The third kappa shape index (κ3) is 3.21. The minimum absolute atomic E-state index is 0.865. The Morgan fingerprint density at radius 1 is 0.342 bits per heavy atom. The van der Waals surface area contributed by atoms with Crippen LogP contribution in [0.4, 0.5) is 0 Å². The Labute approximate surface area is 219 Å². The lowest BCUT2D eigenvalue weighted by atomic mass is 9.96. The average molecular weight is 487 g/mol. The topological polar surface area (TPSA) is 26.3 Å². The highest BCUT2D eigenvalue weighted by Crippen LogP contribution is 2.45. The number of hydrogen-bond acceptors (Lipinski definition) is 2. The van der Waals surface area contributed by atoms with E-state index in [1.807, 2.05) is 18.2 Å². The molecule has 0 unspecified atom stereocenters. The van der Waals surface area contributed by atoms with Gasteiger partial charge >= 0.3 is 0 Å². The van der Waals surface area contributed by atoms with Gasteiger partial charge in [-0.3, -0.25) is 0 Å². The summed E-state index contributed by atoms with van der Waals surface area (Å²) in [6.07, 6.45) is 0. The molecule has 2 heteroatoms. The summed E-state index contributed by atoms with van der Waals surface area (Å²) in [6, 6.07) is 46.5. The zero-order chi connectivity index (χ0) is 25.1. The van der Waals surface area contributed by atoms with E-state index in [0.717, 1.165) is 60.6 Å². The molecular weight excluding hydrogens is 464 g/mol. The maximum Gasteiger partial charge on any atom is 0.144 e. The van der Waals surface area contributed by atoms with Crippen LogP contribution in [0.5, 0.6) is 0 Å². The summed E-state index contributed by atoms with van der Waals surface area (Å²) in [6.45, 7) is 0. The van der Waals surface area contributed by atoms with Crippen molar-refractivity contribution in [3.63, 3.8) is 0 Å². The van der Waals surface area contributed by atoms with Crippen molar-refractivity contribution >= 4 is 43.9 Å². The summed E-state index contributed by atoms with van der Waals surface area (Å²) in [4.78, 5) is 0. The van der Waals surface area contributed by atoms with Gasteiger partial charge in [0.2, 0.25) is 0 Å². The van der Waals surface area contributed by atoms with E-state index in [4.69, 9.17) is 8.83 Å². The zero-order valence-electron chi connectivity index (χ0n) is 20.5. The Morgan fingerprint density at radius 3 is 1.42 bits per heavy atom. The van der Waals surface area contributed by atoms with Crippen LogP contribution in [0, 0.1) is 0 Å². The van der Waals surface area contributed by atoms with Gasteiger partial charge in [-0.15, -0.1) is 0 Å². The van der Waals surface area contributed by atoms with Gasteiger partial charge in [-0.2, -0.15) is 0 Å². The van der Waals surface area contributed by atoms with E-state index < -0.39 is 0 Å². The van der Waals surface area contributed by atoms with Crippen LogP contribution in [0.3, 0.4) is 0 Å². The molecule has 0 radical (unpaired) electrons. The zero-order valence-corrected chi connectivity index (χ0v) is 20.5. The third-order valence-corrected chi connectivity index (χ3v) is 7.47. The molecule has 8 rings (SSSR count). The fraction of sp³-hybridized carbons (Fsp3) is 0. The maximum atomic E-state index is 6.63. The van der Waals surface area contributed by atoms with Gasteiger partial charge in [-0.25, -0.2) is 0 Å². The Kier molecular flexibility index (Phi) is 4.55. The smallest absolute Gasteiger partial charge is 0.144 e. The first-order valence-electron chi connectivity index (χ1n) is 12.9. The first kappa shape index (κ1) is 21.0. The van der Waals surface area contributed by atoms with Crippen LogP contribution in [-0.2, 0) is 0 Å². The number of benzene rings is 6. The van der Waals surface area contributed by atoms with Crippen molar-refractivity contribution in [1.82, 2.24) is 0 Å². The van der Waals surface area contributed by atoms with Crippen LogP contribution >= 0.6 is 0 Å². The SMILES string of the molecule is c1ccc(-c2ccc3oc4cc(-c5ccccc5)c5oc6ccc(-c7ccccc7)cc6c5c4c3c2)cc1. The van der Waals surface area contributed by atoms with Crippen LogP contribution in [-0.4, -0.2) is 0 Å². The molecule has 0 aliphatic heterocycles. The predicted octanol–water partition coefficient (Wildman–Crippen LogP) is 10.5. The van der Waals surface area contributed by atoms with Gasteiger partial charge in [-0.1, -0.05) is 103 Å². The summed E-state index contributed by atoms with van der Waals surface area (Å²) < 4.78 is 13.1. The van der Waals surface area contributed by atoms with Crippen molar-refractivity contribution in [3.8, 4) is 33.4 Å². The van der Waals surface area contributed by atoms with Crippen LogP contribution in [0.1, 0.15) is 0 Å². The van der Waals surface area contributed by atoms with Gasteiger partial charge in [0.15, 0.2) is 0 Å². The van der Waals surface area contributed by atoms with Gasteiger partial charge in [0.05, 0.1) is 0 Å². The molecule has 0 saturated heterocycles. The average Bonchev–Trinajstić information content (AvgIpc) is 3.55. The number of hydrogen-bond donors (Lipinski definition) is 0. The van der Waals surface area contributed by atoms with Crippen LogP contribution < -0.4 is 0 Å². The van der Waals surface area contributed by atoms with Crippen molar-refractivity contribution < 1.29 is 8.83 Å². The highest BCUT2D eigenvalue weighted by atomic mass is 16.3. The largest absolute Gasteiger partial charge is 0.456 e. The van der Waals surface area contributed by atoms with E-state index in [2.05, 4.69) is 115 Å². The fourth-order valence-corrected chi connectivity index (χ4v) is 5.66. The fourth-order valence-electron chi connectivity index (χ4n) is 5.66. The first-order valence-corrected chi connectivity index (χ1v) is 12.9. The molecule has 0 bridgehead atoms. The van der Waals surface area contributed by atoms with Crippen molar-refractivity contribution in [2.45, 2.75) is 0 Å². The number of fused-ring (bicyclic) bond motifs is 7. The molecule has 0 N–H and O–H groups in total. The molecule has 0 amide bonds. The van der Waals surface area contributed by atoms with Gasteiger partial charge in [-0.05, 0) is 58.1 Å². The molecule has 8 aromatic rings. The van der Waals surface area contributed by atoms with E-state index in [-0.39, 0.29) is 0 Å². The second-order valence-electron chi connectivity index (χ2n) is 9.73. The van der Waals surface area contributed by atoms with Gasteiger partial charge in [0.25, 0.3) is 0 Å². The monoisotopic (exact) mass is 486 g/mol. The van der Waals surface area contributed by atoms with Crippen molar-refractivity contribution in [3.05, 3.63) is 133 Å². The molecule has 0 saturated carbocycles. The molecule has 0 aliphatic carbocycles. The van der Waals surface area contributed by atoms with E-state index in [1.54, 1.807) is 0 Å². The summed E-state index contributed by atoms with van der Waals surface area (Å²) in [5.74, 6) is 0. The molecule has 178 valence electrons. The van der Waals surface area contributed by atoms with Crippen molar-refractivity contribution in [1.29, 1.82) is 0 Å². The van der Waals surface area contributed by atoms with Gasteiger partial charge in [0, 0.05) is 27.1 Å². The highest BCUT2D eigenvalue weighted by Gasteiger charge is 2.21. The molecule has 6 aromatic carbocycles. The molecule has 0 spiro atoms. The molecule has 0 atom stereocenters. The summed E-state index contributed by atoms with van der Waals surface area (Å²) in [5, 5.41) is 4.38. The Morgan fingerprint density at radius 2 is 0.842 bits per heavy atom. The Bertz CT molecular complexity index is 2100. The maximum absolute atomic E-state index is 6.63. The predicted molar refractivity (Wildman–Crippen MR) is 157 cm³/mol. The lowest BCUT2D eigenvalue weighted by Crippen LogP contribution is -1.81. The van der Waals surface area contributed by atoms with Crippen LogP contribution in [0.2, 0.25) is 0 Å². The van der Waals surface area contributed by atoms with Gasteiger partial charge in [0.1, 0.15) is 22.3 Å². The van der Waals surface area contributed by atoms with E-state index in [1.165, 1.54) is 16.7 Å². The molecule has 2 heterocycles. The van der Waals surface area contributed by atoms with E-state index in [0.29, 0.717) is 0 Å². The van der Waals surface area contributed by atoms with Crippen LogP contribution in [0.25, 0.3) is 77.3 Å². The van der Waals surface area contributed by atoms with Gasteiger partial charge < -0.3 is 8.83 Å². The quantitative estimate of drug-likeness (QED) is 0.248. The second kappa shape index (κ2) is 8.22. The lowest BCUT2D eigenvalue weighted by molar-refractivity contribution is 0.664. The number of rotatable bonds is 3. The molecule has 38 heavy (non-hydrogen) atoms. The molecule has 2 nitrogen and oxygen atoms in total. The normalized spacial score (nSPS) is 11.7.